The number of hydrogen-bond donors (Lipinski definition) is 2. The third kappa shape index (κ3) is 6.18. The van der Waals surface area contributed by atoms with Gasteiger partial charge in [0.25, 0.3) is 0 Å². The highest BCUT2D eigenvalue weighted by molar-refractivity contribution is 7.80. The van der Waals surface area contributed by atoms with Crippen molar-refractivity contribution in [2.24, 2.45) is 0 Å². The highest BCUT2D eigenvalue weighted by Gasteiger charge is 2.33. The molecule has 9 heteroatoms. The van der Waals surface area contributed by atoms with E-state index in [1.54, 1.807) is 31.2 Å². The highest BCUT2D eigenvalue weighted by atomic mass is 35.5. The van der Waals surface area contributed by atoms with Crippen LogP contribution in [-0.4, -0.2) is 24.3 Å². The maximum Gasteiger partial charge on any atom is 0.338 e. The molecule has 192 valence electrons. The zero-order valence-electron chi connectivity index (χ0n) is 20.3. The number of esters is 1. The van der Waals surface area contributed by atoms with Gasteiger partial charge in [-0.3, -0.25) is 0 Å². The van der Waals surface area contributed by atoms with E-state index in [-0.39, 0.29) is 13.2 Å². The van der Waals surface area contributed by atoms with E-state index in [1.165, 1.54) is 0 Å². The van der Waals surface area contributed by atoms with Crippen LogP contribution in [0.15, 0.2) is 72.3 Å². The molecule has 0 saturated carbocycles. The van der Waals surface area contributed by atoms with Gasteiger partial charge in [0.05, 0.1) is 30.5 Å². The Hall–Kier alpha value is -3.26. The summed E-state index contributed by atoms with van der Waals surface area (Å²) in [4.78, 5) is 13.2. The second-order valence-corrected chi connectivity index (χ2v) is 9.26. The van der Waals surface area contributed by atoms with E-state index in [9.17, 15) is 4.79 Å². The zero-order valence-corrected chi connectivity index (χ0v) is 22.7. The first-order valence-corrected chi connectivity index (χ1v) is 13.0. The molecule has 0 amide bonds. The van der Waals surface area contributed by atoms with Gasteiger partial charge in [0.2, 0.25) is 0 Å². The first kappa shape index (κ1) is 26.8. The Morgan fingerprint density at radius 1 is 0.919 bits per heavy atom. The van der Waals surface area contributed by atoms with Crippen LogP contribution in [-0.2, 0) is 16.1 Å². The number of benzene rings is 3. The molecule has 0 saturated heterocycles. The van der Waals surface area contributed by atoms with E-state index in [2.05, 4.69) is 10.6 Å². The van der Waals surface area contributed by atoms with E-state index in [0.717, 1.165) is 11.1 Å². The second kappa shape index (κ2) is 12.3. The number of carbonyl (C=O) groups excluding carboxylic acids is 1. The molecule has 1 atom stereocenters. The normalized spacial score (nSPS) is 15.0. The first-order chi connectivity index (χ1) is 17.9. The van der Waals surface area contributed by atoms with E-state index in [4.69, 9.17) is 49.6 Å². The Morgan fingerprint density at radius 3 is 2.32 bits per heavy atom. The van der Waals surface area contributed by atoms with Crippen LogP contribution < -0.4 is 20.1 Å². The predicted molar refractivity (Wildman–Crippen MR) is 150 cm³/mol. The molecule has 0 fully saturated rings. The van der Waals surface area contributed by atoms with Crippen LogP contribution >= 0.6 is 35.4 Å². The summed E-state index contributed by atoms with van der Waals surface area (Å²) in [5.74, 6) is 0.586. The Bertz CT molecular complexity index is 1310. The molecule has 2 N–H and O–H groups in total. The molecule has 0 radical (unpaired) electrons. The van der Waals surface area contributed by atoms with Gasteiger partial charge in [-0.15, -0.1) is 0 Å². The fraction of sp³-hybridized carbons (Fsp3) is 0.214. The summed E-state index contributed by atoms with van der Waals surface area (Å²) in [5, 5.41) is 7.79. The van der Waals surface area contributed by atoms with Crippen molar-refractivity contribution in [1.82, 2.24) is 10.6 Å². The molecular formula is C28H26Cl2N2O4S. The van der Waals surface area contributed by atoms with Gasteiger partial charge in [0.1, 0.15) is 6.61 Å². The van der Waals surface area contributed by atoms with Gasteiger partial charge >= 0.3 is 5.97 Å². The van der Waals surface area contributed by atoms with Crippen LogP contribution in [0.5, 0.6) is 11.5 Å². The smallest absolute Gasteiger partial charge is 0.338 e. The van der Waals surface area contributed by atoms with Crippen molar-refractivity contribution >= 4 is 52.2 Å². The molecule has 37 heavy (non-hydrogen) atoms. The average molecular weight is 557 g/mol. The number of hydrogen-bond acceptors (Lipinski definition) is 5. The van der Waals surface area contributed by atoms with Crippen LogP contribution in [0.2, 0.25) is 10.0 Å². The Morgan fingerprint density at radius 2 is 1.65 bits per heavy atom. The molecule has 3 aromatic carbocycles. The van der Waals surface area contributed by atoms with Gasteiger partial charge in [0.15, 0.2) is 16.6 Å². The lowest BCUT2D eigenvalue weighted by Crippen LogP contribution is -2.45. The molecule has 0 aromatic heterocycles. The highest BCUT2D eigenvalue weighted by Crippen LogP contribution is 2.37. The summed E-state index contributed by atoms with van der Waals surface area (Å²) in [7, 11) is 0. The Kier molecular flexibility index (Phi) is 8.92. The van der Waals surface area contributed by atoms with Crippen molar-refractivity contribution in [3.63, 3.8) is 0 Å². The topological polar surface area (TPSA) is 68.8 Å². The molecular weight excluding hydrogens is 531 g/mol. The van der Waals surface area contributed by atoms with Crippen molar-refractivity contribution in [3.05, 3.63) is 99.0 Å². The first-order valence-electron chi connectivity index (χ1n) is 11.8. The van der Waals surface area contributed by atoms with Crippen molar-refractivity contribution in [1.29, 1.82) is 0 Å². The number of thiocarbonyl (C=S) groups is 1. The van der Waals surface area contributed by atoms with E-state index < -0.39 is 12.0 Å². The third-order valence-corrected chi connectivity index (χ3v) is 6.59. The molecule has 1 aliphatic heterocycles. The van der Waals surface area contributed by atoms with Crippen LogP contribution in [0.25, 0.3) is 5.70 Å². The molecule has 0 unspecified atom stereocenters. The monoisotopic (exact) mass is 556 g/mol. The Labute approximate surface area is 231 Å². The molecule has 1 aliphatic rings. The molecule has 0 aliphatic carbocycles. The minimum Gasteiger partial charge on any atom is -0.490 e. The summed E-state index contributed by atoms with van der Waals surface area (Å²) in [6.45, 7) is 4.48. The predicted octanol–water partition coefficient (Wildman–Crippen LogP) is 6.46. The van der Waals surface area contributed by atoms with Gasteiger partial charge in [-0.1, -0.05) is 65.7 Å². The molecule has 1 heterocycles. The second-order valence-electron chi connectivity index (χ2n) is 8.03. The van der Waals surface area contributed by atoms with Crippen molar-refractivity contribution in [2.45, 2.75) is 26.5 Å². The van der Waals surface area contributed by atoms with E-state index >= 15 is 0 Å². The fourth-order valence-electron chi connectivity index (χ4n) is 3.99. The van der Waals surface area contributed by atoms with E-state index in [1.807, 2.05) is 49.4 Å². The van der Waals surface area contributed by atoms with Gasteiger partial charge < -0.3 is 24.8 Å². The third-order valence-electron chi connectivity index (χ3n) is 5.66. The molecule has 0 bridgehead atoms. The Balaban J connectivity index is 1.73. The van der Waals surface area contributed by atoms with Gasteiger partial charge in [-0.05, 0) is 61.5 Å². The van der Waals surface area contributed by atoms with Crippen LogP contribution in [0.3, 0.4) is 0 Å². The van der Waals surface area contributed by atoms with Crippen LogP contribution in [0.4, 0.5) is 0 Å². The summed E-state index contributed by atoms with van der Waals surface area (Å²) in [6, 6.07) is 19.8. The standard InChI is InChI=1S/C28H26Cl2N2O4S/c1-3-34-23-15-18(13-14-22(23)36-16-19-20(29)11-8-12-21(19)30)26-24(27(33)35-4-2)25(31-28(37)32-26)17-9-6-5-7-10-17/h5-15,26H,3-4,16H2,1-2H3,(H2,31,32,37)/t26-/m1/s1. The molecule has 3 aromatic rings. The maximum atomic E-state index is 13.2. The minimum atomic E-state index is -0.575. The fourth-order valence-corrected chi connectivity index (χ4v) is 4.71. The van der Waals surface area contributed by atoms with Gasteiger partial charge in [-0.25, -0.2) is 4.79 Å². The van der Waals surface area contributed by atoms with Gasteiger partial charge in [0, 0.05) is 15.6 Å². The molecule has 6 nitrogen and oxygen atoms in total. The van der Waals surface area contributed by atoms with Crippen molar-refractivity contribution in [2.75, 3.05) is 13.2 Å². The molecule has 4 rings (SSSR count). The zero-order chi connectivity index (χ0) is 26.4. The maximum absolute atomic E-state index is 13.2. The number of rotatable bonds is 9. The number of ether oxygens (including phenoxy) is 3. The average Bonchev–Trinajstić information content (AvgIpc) is 2.89. The summed E-state index contributed by atoms with van der Waals surface area (Å²) in [6.07, 6.45) is 0. The van der Waals surface area contributed by atoms with Crippen molar-refractivity contribution in [3.8, 4) is 11.5 Å². The van der Waals surface area contributed by atoms with Crippen LogP contribution in [0, 0.1) is 0 Å². The van der Waals surface area contributed by atoms with Gasteiger partial charge in [-0.2, -0.15) is 0 Å². The lowest BCUT2D eigenvalue weighted by molar-refractivity contribution is -0.138. The lowest BCUT2D eigenvalue weighted by Gasteiger charge is -2.31. The van der Waals surface area contributed by atoms with E-state index in [0.29, 0.717) is 50.1 Å². The quantitative estimate of drug-likeness (QED) is 0.231. The minimum absolute atomic E-state index is 0.166. The van der Waals surface area contributed by atoms with Crippen molar-refractivity contribution < 1.29 is 19.0 Å². The number of carbonyl (C=O) groups is 1. The molecule has 0 spiro atoms. The lowest BCUT2D eigenvalue weighted by atomic mass is 9.92. The largest absolute Gasteiger partial charge is 0.490 e. The summed E-state index contributed by atoms with van der Waals surface area (Å²) < 4.78 is 17.4. The number of halogens is 2. The van der Waals surface area contributed by atoms with Crippen LogP contribution in [0.1, 0.15) is 36.6 Å². The SMILES string of the molecule is CCOC(=O)C1=C(c2ccccc2)NC(=S)N[C@@H]1c1ccc(OCc2c(Cl)cccc2Cl)c(OCC)c1. The number of nitrogens with one attached hydrogen (secondary N) is 2. The summed E-state index contributed by atoms with van der Waals surface area (Å²) in [5.41, 5.74) is 3.27. The summed E-state index contributed by atoms with van der Waals surface area (Å²) >= 11 is 18.1.